The van der Waals surface area contributed by atoms with Crippen LogP contribution in [0.5, 0.6) is 0 Å². The smallest absolute Gasteiger partial charge is 0.264 e. The quantitative estimate of drug-likeness (QED) is 0.0357. The van der Waals surface area contributed by atoms with Gasteiger partial charge in [0.05, 0.1) is 52.5 Å². The van der Waals surface area contributed by atoms with Crippen molar-refractivity contribution in [1.82, 2.24) is 21.7 Å². The molecule has 376 valence electrons. The van der Waals surface area contributed by atoms with E-state index in [4.69, 9.17) is 35.3 Å². The molecular formula is C47H83Cl2N5O10S. The Kier molecular flexibility index (Phi) is 56.6. The fraction of sp³-hybridized carbons (Fsp3) is 0.489. The molecule has 0 aliphatic heterocycles. The molecule has 9 N–H and O–H groups in total. The van der Waals surface area contributed by atoms with Crippen molar-refractivity contribution in [2.45, 2.75) is 12.2 Å². The summed E-state index contributed by atoms with van der Waals surface area (Å²) in [7, 11) is 10.7. The van der Waals surface area contributed by atoms with Gasteiger partial charge >= 0.3 is 0 Å². The van der Waals surface area contributed by atoms with E-state index in [1.165, 1.54) is 25.3 Å². The van der Waals surface area contributed by atoms with Crippen LogP contribution in [0.15, 0.2) is 121 Å². The maximum Gasteiger partial charge on any atom is 0.264 e. The zero-order valence-electron chi connectivity index (χ0n) is 40.3. The molecule has 0 bridgehead atoms. The van der Waals surface area contributed by atoms with Crippen molar-refractivity contribution in [2.24, 2.45) is 5.73 Å². The molecule has 0 fully saturated rings. The van der Waals surface area contributed by atoms with Crippen LogP contribution in [0, 0.1) is 0 Å². The largest absolute Gasteiger partial charge is 0.412 e. The van der Waals surface area contributed by atoms with Gasteiger partial charge in [-0.15, -0.1) is 24.0 Å². The lowest BCUT2D eigenvalue weighted by Gasteiger charge is -2.21. The molecule has 0 aromatic heterocycles. The van der Waals surface area contributed by atoms with Crippen molar-refractivity contribution in [3.8, 4) is 0 Å². The number of rotatable bonds is 24. The summed E-state index contributed by atoms with van der Waals surface area (Å²) in [6.07, 6.45) is 0.956. The Morgan fingerprint density at radius 2 is 0.862 bits per heavy atom. The van der Waals surface area contributed by atoms with Gasteiger partial charge in [-0.1, -0.05) is 121 Å². The first kappa shape index (κ1) is 70.9. The second-order valence-electron chi connectivity index (χ2n) is 12.8. The van der Waals surface area contributed by atoms with Crippen LogP contribution in [0.4, 0.5) is 0 Å². The number of alkyl halides is 1. The third-order valence-electron chi connectivity index (χ3n) is 7.90. The van der Waals surface area contributed by atoms with E-state index in [1.807, 2.05) is 62.6 Å². The molecule has 18 heteroatoms. The summed E-state index contributed by atoms with van der Waals surface area (Å²) in [6, 6.07) is 41.2. The highest BCUT2D eigenvalue weighted by molar-refractivity contribution is 7.85. The predicted octanol–water partition coefficient (Wildman–Crippen LogP) is 6.05. The molecule has 4 rings (SSSR count). The molecule has 0 spiro atoms. The average Bonchev–Trinajstić information content (AvgIpc) is 3.31. The number of halogens is 2. The topological polar surface area (TPSA) is 219 Å². The first-order chi connectivity index (χ1) is 30.1. The van der Waals surface area contributed by atoms with Crippen LogP contribution in [-0.2, 0) is 42.7 Å². The summed E-state index contributed by atoms with van der Waals surface area (Å²) in [5.41, 5.74) is 9.19. The van der Waals surface area contributed by atoms with Gasteiger partial charge in [0.25, 0.3) is 10.1 Å². The van der Waals surface area contributed by atoms with Crippen molar-refractivity contribution in [1.29, 1.82) is 0 Å². The van der Waals surface area contributed by atoms with Gasteiger partial charge in [-0.25, -0.2) is 0 Å². The van der Waals surface area contributed by atoms with E-state index >= 15 is 0 Å². The second-order valence-corrected chi connectivity index (χ2v) is 14.9. The first-order valence-corrected chi connectivity index (χ1v) is 22.8. The lowest BCUT2D eigenvalue weighted by atomic mass is 10.0. The van der Waals surface area contributed by atoms with Gasteiger partial charge in [0.15, 0.2) is 0 Å². The Hall–Kier alpha value is -3.11. The van der Waals surface area contributed by atoms with E-state index in [9.17, 15) is 8.42 Å². The summed E-state index contributed by atoms with van der Waals surface area (Å²) in [5, 5.41) is 5.89. The maximum absolute atomic E-state index is 10.2. The number of nitrogens with two attached hydrogens (primary N) is 1. The van der Waals surface area contributed by atoms with Crippen LogP contribution in [0.2, 0.25) is 0 Å². The van der Waals surface area contributed by atoms with Crippen molar-refractivity contribution in [2.75, 3.05) is 141 Å². The zero-order valence-corrected chi connectivity index (χ0v) is 42.7. The molecule has 15 nitrogen and oxygen atoms in total. The summed E-state index contributed by atoms with van der Waals surface area (Å²) >= 11 is 5.70. The molecule has 0 saturated carbocycles. The molecule has 4 aromatic carbocycles. The summed E-state index contributed by atoms with van der Waals surface area (Å²) in [5.74, 6) is 0.510. The molecule has 0 unspecified atom stereocenters. The highest BCUT2D eigenvalue weighted by Crippen LogP contribution is 2.26. The number of ether oxygens (including phenoxy) is 6. The Bertz CT molecular complexity index is 1510. The van der Waals surface area contributed by atoms with Gasteiger partial charge in [0.1, 0.15) is 12.2 Å². The molecule has 4 aromatic rings. The minimum absolute atomic E-state index is 0. The van der Waals surface area contributed by atoms with E-state index in [0.29, 0.717) is 25.7 Å². The standard InChI is InChI=1S/C19H25NO2.C15H15ClO.2C4H11NO.C4H10O4S.CH5N.ClH.H3N.H2O/c1-20(13-15-21-2)14-16-22-19(17-9-5-3-6-10-17)18-11-7-4-8-12-18;16-11-12-17-15(13-7-3-1-4-8-13)14-9-5-2-6-10-14;2*1-5-3-4-6-2;1-7-3-4-8-9(2,5)6;1-2;;;/h3-12,19H,13-16H2,1-2H3;1-10,15H,11-12H2;2*5H,3-4H2,1-2H3;3-4H2,1-2H3;2H2,1H3;1H;1H3;1H2. The van der Waals surface area contributed by atoms with E-state index in [0.717, 1.165) is 63.4 Å². The van der Waals surface area contributed by atoms with Crippen molar-refractivity contribution in [3.63, 3.8) is 0 Å². The Labute approximate surface area is 403 Å². The molecule has 0 amide bonds. The van der Waals surface area contributed by atoms with Crippen LogP contribution in [0.25, 0.3) is 0 Å². The first-order valence-electron chi connectivity index (χ1n) is 20.5. The van der Waals surface area contributed by atoms with Gasteiger partial charge in [-0.2, -0.15) is 8.42 Å². The van der Waals surface area contributed by atoms with Crippen LogP contribution in [0.1, 0.15) is 34.5 Å². The normalized spacial score (nSPS) is 10.0. The molecule has 65 heavy (non-hydrogen) atoms. The van der Waals surface area contributed by atoms with Crippen LogP contribution in [-0.4, -0.2) is 160 Å². The highest BCUT2D eigenvalue weighted by Gasteiger charge is 2.15. The van der Waals surface area contributed by atoms with Crippen LogP contribution < -0.4 is 22.5 Å². The third-order valence-corrected chi connectivity index (χ3v) is 8.65. The van der Waals surface area contributed by atoms with Crippen molar-refractivity contribution >= 4 is 34.1 Å². The van der Waals surface area contributed by atoms with Gasteiger partial charge in [0, 0.05) is 60.5 Å². The van der Waals surface area contributed by atoms with Gasteiger partial charge in [-0.3, -0.25) is 4.18 Å². The number of nitrogens with zero attached hydrogens (tertiary/aromatic N) is 1. The van der Waals surface area contributed by atoms with Crippen molar-refractivity contribution in [3.05, 3.63) is 144 Å². The maximum atomic E-state index is 10.2. The number of hydrogen-bond acceptors (Lipinski definition) is 14. The molecule has 0 atom stereocenters. The molecule has 0 heterocycles. The number of benzene rings is 4. The number of hydrogen-bond donors (Lipinski definition) is 4. The van der Waals surface area contributed by atoms with E-state index in [2.05, 4.69) is 110 Å². The van der Waals surface area contributed by atoms with E-state index in [-0.39, 0.29) is 42.8 Å². The Balaban J connectivity index is -0.000000248. The highest BCUT2D eigenvalue weighted by atomic mass is 35.5. The SMILES string of the molecule is CN.CNCCOC.CNCCOC.COCCN(C)CCOC(c1ccccc1)c1ccccc1.COCCOS(C)(=O)=O.Cl.ClCCOC(c1ccccc1)c1ccccc1.N.O. The fourth-order valence-corrected chi connectivity index (χ4v) is 5.27. The fourth-order valence-electron chi connectivity index (χ4n) is 4.81. The lowest BCUT2D eigenvalue weighted by Crippen LogP contribution is -2.27. The Morgan fingerprint density at radius 3 is 1.12 bits per heavy atom. The minimum Gasteiger partial charge on any atom is -0.412 e. The van der Waals surface area contributed by atoms with E-state index < -0.39 is 10.1 Å². The monoisotopic (exact) mass is 980 g/mol. The number of methoxy groups -OCH3 is 4. The predicted molar refractivity (Wildman–Crippen MR) is 272 cm³/mol. The summed E-state index contributed by atoms with van der Waals surface area (Å²) < 4.78 is 55.9. The van der Waals surface area contributed by atoms with Crippen LogP contribution in [0.3, 0.4) is 0 Å². The molecule has 0 aliphatic carbocycles. The second kappa shape index (κ2) is 51.9. The summed E-state index contributed by atoms with van der Waals surface area (Å²) in [4.78, 5) is 2.22. The Morgan fingerprint density at radius 1 is 0.554 bits per heavy atom. The molecule has 0 aliphatic rings. The van der Waals surface area contributed by atoms with E-state index in [1.54, 1.807) is 21.3 Å². The van der Waals surface area contributed by atoms with Gasteiger partial charge in [-0.05, 0) is 50.4 Å². The minimum atomic E-state index is -3.28. The molecule has 0 saturated heterocycles. The average molecular weight is 981 g/mol. The van der Waals surface area contributed by atoms with Crippen molar-refractivity contribution < 1.29 is 46.5 Å². The zero-order chi connectivity index (χ0) is 46.5. The third kappa shape index (κ3) is 42.0. The lowest BCUT2D eigenvalue weighted by molar-refractivity contribution is 0.0593. The summed E-state index contributed by atoms with van der Waals surface area (Å²) in [6.45, 7) is 7.67. The van der Waals surface area contributed by atoms with Gasteiger partial charge in [0.2, 0.25) is 0 Å². The van der Waals surface area contributed by atoms with Gasteiger partial charge < -0.3 is 61.3 Å². The molecule has 0 radical (unpaired) electrons. The molecular weight excluding hydrogens is 898 g/mol. The number of nitrogens with one attached hydrogen (secondary N) is 2. The van der Waals surface area contributed by atoms with Crippen LogP contribution >= 0.6 is 24.0 Å². The number of likely N-dealkylation sites (N-methyl/N-ethyl adjacent to an activating group) is 3.